The number of rotatable bonds is 5. The number of nitrogens with one attached hydrogen (secondary N) is 1. The monoisotopic (exact) mass is 625 g/mol. The minimum Gasteiger partial charge on any atom is -0.471 e. The van der Waals surface area contributed by atoms with Gasteiger partial charge < -0.3 is 29.6 Å². The third-order valence-electron chi connectivity index (χ3n) is 11.3. The van der Waals surface area contributed by atoms with Gasteiger partial charge in [0.25, 0.3) is 0 Å². The standard InChI is InChI=1S/C33H36FN9O3/c1-17(23-10-19(34)13-42(23)2)45-31-27-30(43(16-37-27)24-12-38-33(24)14-44-15-33)39-29(40-31)26-20-4-3-8-32(28(20)46-41-26)9-7-18-5-6-22(36)21(11-35)25(18)32/h5-6,16-17,19,23-24,38H,3-4,7-10,12-15,36H2,1-2H3. The smallest absolute Gasteiger partial charge is 0.246 e. The zero-order valence-electron chi connectivity index (χ0n) is 25.9. The van der Waals surface area contributed by atoms with E-state index in [0.717, 1.165) is 61.1 Å². The van der Waals surface area contributed by atoms with E-state index in [-0.39, 0.29) is 23.7 Å². The van der Waals surface area contributed by atoms with E-state index >= 15 is 0 Å². The number of nitrogens with zero attached hydrogens (tertiary/aromatic N) is 7. The van der Waals surface area contributed by atoms with Crippen LogP contribution in [0.3, 0.4) is 0 Å². The molecule has 5 unspecified atom stereocenters. The Morgan fingerprint density at radius 1 is 1.24 bits per heavy atom. The van der Waals surface area contributed by atoms with Gasteiger partial charge in [0.15, 0.2) is 28.4 Å². The van der Waals surface area contributed by atoms with E-state index in [0.29, 0.717) is 66.0 Å². The molecule has 9 rings (SSSR count). The number of likely N-dealkylation sites (N-methyl/N-ethyl adjacent to an activating group) is 1. The van der Waals surface area contributed by atoms with Gasteiger partial charge in [0, 0.05) is 30.4 Å². The van der Waals surface area contributed by atoms with Gasteiger partial charge in [0.1, 0.15) is 18.3 Å². The molecule has 3 aromatic heterocycles. The summed E-state index contributed by atoms with van der Waals surface area (Å²) in [5, 5.41) is 18.3. The highest BCUT2D eigenvalue weighted by Gasteiger charge is 2.54. The molecule has 3 saturated heterocycles. The largest absolute Gasteiger partial charge is 0.471 e. The van der Waals surface area contributed by atoms with Crippen molar-refractivity contribution in [2.45, 2.75) is 80.8 Å². The number of likely N-dealkylation sites (tertiary alicyclic amines) is 1. The van der Waals surface area contributed by atoms with Gasteiger partial charge in [-0.25, -0.2) is 14.4 Å². The lowest BCUT2D eigenvalue weighted by molar-refractivity contribution is -0.136. The first-order chi connectivity index (χ1) is 22.3. The van der Waals surface area contributed by atoms with Crippen molar-refractivity contribution in [3.63, 3.8) is 0 Å². The minimum atomic E-state index is -0.889. The quantitative estimate of drug-likeness (QED) is 0.314. The van der Waals surface area contributed by atoms with E-state index in [4.69, 9.17) is 34.7 Å². The number of halogens is 1. The molecule has 2 aliphatic carbocycles. The maximum atomic E-state index is 14.3. The predicted octanol–water partition coefficient (Wildman–Crippen LogP) is 3.23. The van der Waals surface area contributed by atoms with Crippen molar-refractivity contribution in [1.82, 2.24) is 34.9 Å². The molecule has 6 heterocycles. The zero-order chi connectivity index (χ0) is 31.4. The Hall–Kier alpha value is -4.12. The topological polar surface area (TPSA) is 153 Å². The van der Waals surface area contributed by atoms with Crippen molar-refractivity contribution in [2.75, 3.05) is 39.1 Å². The number of aromatic nitrogens is 5. The number of fused-ring (bicyclic) bond motifs is 5. The fraction of sp³-hybridized carbons (Fsp3) is 0.545. The van der Waals surface area contributed by atoms with Gasteiger partial charge in [0.2, 0.25) is 5.88 Å². The van der Waals surface area contributed by atoms with E-state index in [2.05, 4.69) is 21.1 Å². The number of benzene rings is 1. The second-order valence-electron chi connectivity index (χ2n) is 13.8. The molecule has 5 atom stereocenters. The maximum absolute atomic E-state index is 14.3. The number of imidazole rings is 1. The summed E-state index contributed by atoms with van der Waals surface area (Å²) in [5.74, 6) is 1.53. The van der Waals surface area contributed by atoms with Gasteiger partial charge in [-0.05, 0) is 69.7 Å². The summed E-state index contributed by atoms with van der Waals surface area (Å²) < 4.78 is 34.8. The van der Waals surface area contributed by atoms with Crippen LogP contribution in [0.1, 0.15) is 66.7 Å². The van der Waals surface area contributed by atoms with Crippen molar-refractivity contribution in [3.05, 3.63) is 46.5 Å². The Balaban J connectivity index is 1.17. The number of ether oxygens (including phenoxy) is 2. The van der Waals surface area contributed by atoms with E-state index in [1.165, 1.54) is 0 Å². The van der Waals surface area contributed by atoms with E-state index in [1.54, 1.807) is 0 Å². The molecule has 2 spiro atoms. The molecule has 12 nitrogen and oxygen atoms in total. The molecule has 1 aromatic carbocycles. The van der Waals surface area contributed by atoms with Crippen LogP contribution in [0.5, 0.6) is 5.88 Å². The normalized spacial score (nSPS) is 28.5. The second-order valence-corrected chi connectivity index (χ2v) is 13.8. The van der Waals surface area contributed by atoms with Gasteiger partial charge in [-0.3, -0.25) is 4.90 Å². The van der Waals surface area contributed by atoms with Crippen LogP contribution in [0.2, 0.25) is 0 Å². The van der Waals surface area contributed by atoms with Crippen LogP contribution >= 0.6 is 0 Å². The highest BCUT2D eigenvalue weighted by atomic mass is 19.1. The lowest BCUT2D eigenvalue weighted by Crippen LogP contribution is -2.75. The molecular formula is C33H36FN9O3. The van der Waals surface area contributed by atoms with Crippen molar-refractivity contribution in [2.24, 2.45) is 0 Å². The fourth-order valence-electron chi connectivity index (χ4n) is 8.80. The lowest BCUT2D eigenvalue weighted by Gasteiger charge is -2.55. The summed E-state index contributed by atoms with van der Waals surface area (Å²) >= 11 is 0. The Labute approximate surface area is 265 Å². The van der Waals surface area contributed by atoms with Crippen LogP contribution in [-0.4, -0.2) is 86.8 Å². The van der Waals surface area contributed by atoms with Crippen molar-refractivity contribution < 1.29 is 18.4 Å². The lowest BCUT2D eigenvalue weighted by atomic mass is 9.68. The molecule has 0 saturated carbocycles. The first-order valence-electron chi connectivity index (χ1n) is 16.2. The number of hydrogen-bond donors (Lipinski definition) is 2. The predicted molar refractivity (Wildman–Crippen MR) is 165 cm³/mol. The number of anilines is 1. The van der Waals surface area contributed by atoms with Crippen molar-refractivity contribution in [1.29, 1.82) is 5.26 Å². The van der Waals surface area contributed by atoms with Crippen molar-refractivity contribution in [3.8, 4) is 23.5 Å². The first kappa shape index (κ1) is 28.1. The summed E-state index contributed by atoms with van der Waals surface area (Å²) in [6.07, 6.45) is 5.15. The third-order valence-corrected chi connectivity index (χ3v) is 11.3. The van der Waals surface area contributed by atoms with Crippen molar-refractivity contribution >= 4 is 16.9 Å². The fourth-order valence-corrected chi connectivity index (χ4v) is 8.80. The third kappa shape index (κ3) is 3.80. The molecule has 0 radical (unpaired) electrons. The summed E-state index contributed by atoms with van der Waals surface area (Å²) in [4.78, 5) is 16.8. The average molecular weight is 626 g/mol. The number of nitrogen functional groups attached to an aromatic ring is 1. The maximum Gasteiger partial charge on any atom is 0.246 e. The van der Waals surface area contributed by atoms with E-state index < -0.39 is 11.6 Å². The second kappa shape index (κ2) is 9.94. The van der Waals surface area contributed by atoms with Crippen LogP contribution in [0.4, 0.5) is 10.1 Å². The number of aryl methyl sites for hydroxylation is 1. The Morgan fingerprint density at radius 3 is 2.83 bits per heavy atom. The number of nitrogens with two attached hydrogens (primary N) is 1. The molecule has 3 N–H and O–H groups in total. The highest BCUT2D eigenvalue weighted by molar-refractivity contribution is 5.79. The number of alkyl halides is 1. The van der Waals surface area contributed by atoms with Gasteiger partial charge in [-0.1, -0.05) is 11.2 Å². The molecule has 5 aliphatic rings. The summed E-state index contributed by atoms with van der Waals surface area (Å²) in [6.45, 7) is 4.37. The number of hydrogen-bond acceptors (Lipinski definition) is 11. The van der Waals surface area contributed by atoms with Crippen LogP contribution in [0.15, 0.2) is 23.0 Å². The molecule has 0 amide bonds. The summed E-state index contributed by atoms with van der Waals surface area (Å²) in [5.41, 5.74) is 11.6. The van der Waals surface area contributed by atoms with Gasteiger partial charge in [0.05, 0.1) is 42.1 Å². The molecule has 13 heteroatoms. The van der Waals surface area contributed by atoms with Crippen LogP contribution in [-0.2, 0) is 23.0 Å². The molecule has 3 aliphatic heterocycles. The summed E-state index contributed by atoms with van der Waals surface area (Å²) in [6, 6.07) is 6.26. The highest BCUT2D eigenvalue weighted by Crippen LogP contribution is 2.54. The van der Waals surface area contributed by atoms with Crippen LogP contribution < -0.4 is 15.8 Å². The van der Waals surface area contributed by atoms with Gasteiger partial charge in [-0.15, -0.1) is 0 Å². The van der Waals surface area contributed by atoms with Gasteiger partial charge in [-0.2, -0.15) is 10.2 Å². The Bertz CT molecular complexity index is 1920. The van der Waals surface area contributed by atoms with E-state index in [1.807, 2.05) is 37.3 Å². The van der Waals surface area contributed by atoms with Crippen LogP contribution in [0.25, 0.3) is 22.7 Å². The Morgan fingerprint density at radius 2 is 2.11 bits per heavy atom. The molecule has 46 heavy (non-hydrogen) atoms. The van der Waals surface area contributed by atoms with Crippen LogP contribution in [0, 0.1) is 11.3 Å². The molecule has 238 valence electrons. The minimum absolute atomic E-state index is 0.0966. The molecule has 0 bridgehead atoms. The first-order valence-corrected chi connectivity index (χ1v) is 16.2. The van der Waals surface area contributed by atoms with Gasteiger partial charge >= 0.3 is 0 Å². The zero-order valence-corrected chi connectivity index (χ0v) is 25.9. The van der Waals surface area contributed by atoms with E-state index in [9.17, 15) is 9.65 Å². The molecule has 4 aromatic rings. The summed E-state index contributed by atoms with van der Waals surface area (Å²) in [7, 11) is 1.92. The SMILES string of the molecule is CC(Oc1nc(-c2noc3c2CCCC32CCc3ccc(N)c(C#N)c32)nc2c1ncn2C1CNC12COC2)C1CC(F)CN1C. The molecule has 3 fully saturated rings. The average Bonchev–Trinajstić information content (AvgIpc) is 3.78. The Kier molecular flexibility index (Phi) is 6.08. The molecular weight excluding hydrogens is 589 g/mol. The number of nitriles is 1.